The van der Waals surface area contributed by atoms with E-state index in [0.29, 0.717) is 13.2 Å². The monoisotopic (exact) mass is 340 g/mol. The highest BCUT2D eigenvalue weighted by atomic mass is 19.1. The van der Waals surface area contributed by atoms with Crippen molar-refractivity contribution in [3.8, 4) is 5.75 Å². The number of esters is 1. The number of carbonyl (C=O) groups is 2. The Bertz CT molecular complexity index is 583. The summed E-state index contributed by atoms with van der Waals surface area (Å²) >= 11 is 0. The molecule has 0 bridgehead atoms. The van der Waals surface area contributed by atoms with E-state index in [1.165, 1.54) is 31.3 Å². The summed E-state index contributed by atoms with van der Waals surface area (Å²) in [5.74, 6) is -0.931. The molecule has 1 aromatic carbocycles. The highest BCUT2D eigenvalue weighted by Gasteiger charge is 2.41. The van der Waals surface area contributed by atoms with Gasteiger partial charge in [-0.15, -0.1) is 0 Å². The van der Waals surface area contributed by atoms with E-state index in [1.807, 2.05) is 0 Å². The van der Waals surface area contributed by atoms with Crippen LogP contribution in [0.5, 0.6) is 5.75 Å². The molecule has 8 heteroatoms. The van der Waals surface area contributed by atoms with E-state index in [1.54, 1.807) is 12.1 Å². The van der Waals surface area contributed by atoms with Crippen LogP contribution in [-0.2, 0) is 14.3 Å². The zero-order valence-electron chi connectivity index (χ0n) is 13.7. The first kappa shape index (κ1) is 18.0. The lowest BCUT2D eigenvalue weighted by atomic mass is 10.2. The fraction of sp³-hybridized carbons (Fsp3) is 0.500. The minimum absolute atomic E-state index is 0.0905. The Morgan fingerprint density at radius 2 is 2.08 bits per heavy atom. The number of urea groups is 1. The van der Waals surface area contributed by atoms with Crippen molar-refractivity contribution < 1.29 is 28.2 Å². The molecule has 0 spiro atoms. The summed E-state index contributed by atoms with van der Waals surface area (Å²) in [7, 11) is 2.78. The summed E-state index contributed by atoms with van der Waals surface area (Å²) in [4.78, 5) is 25.5. The van der Waals surface area contributed by atoms with Gasteiger partial charge in [0.2, 0.25) is 0 Å². The van der Waals surface area contributed by atoms with Gasteiger partial charge < -0.3 is 24.4 Å². The summed E-state index contributed by atoms with van der Waals surface area (Å²) in [5, 5.41) is 2.65. The van der Waals surface area contributed by atoms with E-state index in [9.17, 15) is 14.0 Å². The van der Waals surface area contributed by atoms with Gasteiger partial charge >= 0.3 is 12.0 Å². The average Bonchev–Trinajstić information content (AvgIpc) is 3.00. The molecule has 1 N–H and O–H groups in total. The number of hydrogen-bond donors (Lipinski definition) is 1. The van der Waals surface area contributed by atoms with Crippen molar-refractivity contribution >= 4 is 12.0 Å². The summed E-state index contributed by atoms with van der Waals surface area (Å²) in [6.45, 7) is 0.836. The van der Waals surface area contributed by atoms with Gasteiger partial charge in [-0.25, -0.2) is 14.0 Å². The molecule has 1 aliphatic rings. The molecule has 132 valence electrons. The maximum Gasteiger partial charge on any atom is 0.328 e. The maximum atomic E-state index is 13.7. The molecule has 1 fully saturated rings. The summed E-state index contributed by atoms with van der Waals surface area (Å²) in [6.07, 6.45) is -0.266. The molecule has 2 rings (SSSR count). The quantitative estimate of drug-likeness (QED) is 0.621. The molecule has 0 saturated carbocycles. The minimum atomic E-state index is -0.769. The lowest BCUT2D eigenvalue weighted by Gasteiger charge is -2.22. The van der Waals surface area contributed by atoms with Gasteiger partial charge in [0.1, 0.15) is 12.1 Å². The van der Waals surface area contributed by atoms with Crippen LogP contribution in [0.25, 0.3) is 0 Å². The first-order valence-corrected chi connectivity index (χ1v) is 7.59. The highest BCUT2D eigenvalue weighted by Crippen LogP contribution is 2.25. The zero-order chi connectivity index (χ0) is 17.5. The molecule has 1 heterocycles. The lowest BCUT2D eigenvalue weighted by Crippen LogP contribution is -2.47. The molecule has 2 unspecified atom stereocenters. The van der Waals surface area contributed by atoms with Crippen LogP contribution in [0.15, 0.2) is 24.3 Å². The number of amides is 2. The third kappa shape index (κ3) is 4.35. The normalized spacial score (nSPS) is 19.9. The van der Waals surface area contributed by atoms with Gasteiger partial charge in [-0.1, -0.05) is 12.1 Å². The predicted molar refractivity (Wildman–Crippen MR) is 83.2 cm³/mol. The molecular weight excluding hydrogens is 319 g/mol. The molecule has 7 nitrogen and oxygen atoms in total. The molecule has 0 radical (unpaired) electrons. The van der Waals surface area contributed by atoms with E-state index in [-0.39, 0.29) is 18.7 Å². The van der Waals surface area contributed by atoms with Crippen LogP contribution in [0, 0.1) is 5.82 Å². The predicted octanol–water partition coefficient (Wildman–Crippen LogP) is 1.18. The van der Waals surface area contributed by atoms with Gasteiger partial charge in [-0.2, -0.15) is 0 Å². The van der Waals surface area contributed by atoms with Crippen LogP contribution in [0.2, 0.25) is 0 Å². The van der Waals surface area contributed by atoms with Gasteiger partial charge in [0.25, 0.3) is 0 Å². The van der Waals surface area contributed by atoms with E-state index >= 15 is 0 Å². The third-order valence-corrected chi connectivity index (χ3v) is 3.71. The van der Waals surface area contributed by atoms with Gasteiger partial charge in [0, 0.05) is 20.1 Å². The third-order valence-electron chi connectivity index (χ3n) is 3.71. The SMILES string of the molecule is COCCNC(=O)N1CC(Oc2ccccc2F)CC1C(=O)OC. The minimum Gasteiger partial charge on any atom is -0.485 e. The zero-order valence-corrected chi connectivity index (χ0v) is 13.7. The Kier molecular flexibility index (Phi) is 6.36. The number of likely N-dealkylation sites (tertiary alicyclic amines) is 1. The molecular formula is C16H21FN2O5. The number of para-hydroxylation sites is 1. The van der Waals surface area contributed by atoms with Crippen LogP contribution >= 0.6 is 0 Å². The number of ether oxygens (including phenoxy) is 3. The standard InChI is InChI=1S/C16H21FN2O5/c1-22-8-7-18-16(21)19-10-11(9-13(19)15(20)23-2)24-14-6-4-3-5-12(14)17/h3-6,11,13H,7-10H2,1-2H3,(H,18,21). The summed E-state index contributed by atoms with van der Waals surface area (Å²) in [5.41, 5.74) is 0. The molecule has 0 aromatic heterocycles. The highest BCUT2D eigenvalue weighted by molar-refractivity contribution is 5.84. The fourth-order valence-electron chi connectivity index (χ4n) is 2.55. The van der Waals surface area contributed by atoms with E-state index in [0.717, 1.165) is 0 Å². The maximum absolute atomic E-state index is 13.7. The van der Waals surface area contributed by atoms with Crippen LogP contribution in [0.3, 0.4) is 0 Å². The summed E-state index contributed by atoms with van der Waals surface area (Å²) < 4.78 is 28.9. The second-order valence-corrected chi connectivity index (χ2v) is 5.32. The number of carbonyl (C=O) groups excluding carboxylic acids is 2. The number of hydrogen-bond acceptors (Lipinski definition) is 5. The van der Waals surface area contributed by atoms with Crippen LogP contribution in [-0.4, -0.2) is 63.0 Å². The Morgan fingerprint density at radius 1 is 1.33 bits per heavy atom. The van der Waals surface area contributed by atoms with Crippen molar-refractivity contribution in [2.45, 2.75) is 18.6 Å². The number of nitrogens with one attached hydrogen (secondary N) is 1. The molecule has 0 aliphatic carbocycles. The second kappa shape index (κ2) is 8.49. The van der Waals surface area contributed by atoms with E-state index in [4.69, 9.17) is 14.2 Å². The fourth-order valence-corrected chi connectivity index (χ4v) is 2.55. The molecule has 2 amide bonds. The van der Waals surface area contributed by atoms with E-state index < -0.39 is 30.0 Å². The van der Waals surface area contributed by atoms with Gasteiger partial charge in [-0.3, -0.25) is 0 Å². The van der Waals surface area contributed by atoms with Crippen molar-refractivity contribution in [2.75, 3.05) is 33.9 Å². The molecule has 1 aromatic rings. The van der Waals surface area contributed by atoms with Crippen LogP contribution in [0.4, 0.5) is 9.18 Å². The first-order chi connectivity index (χ1) is 11.6. The van der Waals surface area contributed by atoms with Gasteiger partial charge in [0.05, 0.1) is 20.3 Å². The van der Waals surface area contributed by atoms with Gasteiger partial charge in [-0.05, 0) is 12.1 Å². The molecule has 24 heavy (non-hydrogen) atoms. The Morgan fingerprint density at radius 3 is 2.75 bits per heavy atom. The van der Waals surface area contributed by atoms with Crippen molar-refractivity contribution in [2.24, 2.45) is 0 Å². The number of halogens is 1. The smallest absolute Gasteiger partial charge is 0.328 e. The van der Waals surface area contributed by atoms with Crippen molar-refractivity contribution in [1.82, 2.24) is 10.2 Å². The van der Waals surface area contributed by atoms with Crippen molar-refractivity contribution in [3.05, 3.63) is 30.1 Å². The van der Waals surface area contributed by atoms with Crippen LogP contribution < -0.4 is 10.1 Å². The lowest BCUT2D eigenvalue weighted by molar-refractivity contribution is -0.145. The molecule has 1 saturated heterocycles. The second-order valence-electron chi connectivity index (χ2n) is 5.32. The number of methoxy groups -OCH3 is 2. The summed E-state index contributed by atoms with van der Waals surface area (Å²) in [6, 6.07) is 4.82. The Balaban J connectivity index is 2.04. The topological polar surface area (TPSA) is 77.1 Å². The average molecular weight is 340 g/mol. The van der Waals surface area contributed by atoms with Crippen molar-refractivity contribution in [3.63, 3.8) is 0 Å². The molecule has 1 aliphatic heterocycles. The van der Waals surface area contributed by atoms with E-state index in [2.05, 4.69) is 5.32 Å². The largest absolute Gasteiger partial charge is 0.485 e. The van der Waals surface area contributed by atoms with Crippen LogP contribution in [0.1, 0.15) is 6.42 Å². The first-order valence-electron chi connectivity index (χ1n) is 7.59. The number of rotatable bonds is 6. The molecule has 2 atom stereocenters. The number of nitrogens with zero attached hydrogens (tertiary/aromatic N) is 1. The Labute approximate surface area is 139 Å². The number of benzene rings is 1. The van der Waals surface area contributed by atoms with Gasteiger partial charge in [0.15, 0.2) is 11.6 Å². The Hall–Kier alpha value is -2.35. The van der Waals surface area contributed by atoms with Crippen molar-refractivity contribution in [1.29, 1.82) is 0 Å².